The molecule has 0 aromatic heterocycles. The second kappa shape index (κ2) is 4.17. The van der Waals surface area contributed by atoms with Crippen LogP contribution >= 0.6 is 0 Å². The summed E-state index contributed by atoms with van der Waals surface area (Å²) in [6.07, 6.45) is 5.78. The minimum Gasteiger partial charge on any atom is -0.390 e. The predicted molar refractivity (Wildman–Crippen MR) is 63.2 cm³/mol. The zero-order chi connectivity index (χ0) is 11.1. The van der Waals surface area contributed by atoms with E-state index in [1.165, 1.54) is 0 Å². The molecule has 2 nitrogen and oxygen atoms in total. The van der Waals surface area contributed by atoms with Gasteiger partial charge in [-0.2, -0.15) is 0 Å². The van der Waals surface area contributed by atoms with Crippen molar-refractivity contribution in [2.45, 2.75) is 68.5 Å². The molecule has 2 unspecified atom stereocenters. The van der Waals surface area contributed by atoms with Gasteiger partial charge in [0, 0.05) is 21.3 Å². The van der Waals surface area contributed by atoms with Gasteiger partial charge < -0.3 is 5.11 Å². The van der Waals surface area contributed by atoms with Crippen LogP contribution in [0.25, 0.3) is 0 Å². The van der Waals surface area contributed by atoms with E-state index >= 15 is 0 Å². The third kappa shape index (κ3) is 1.89. The highest BCUT2D eigenvalue weighted by Crippen LogP contribution is 2.45. The van der Waals surface area contributed by atoms with E-state index in [1.807, 2.05) is 0 Å². The fourth-order valence-corrected chi connectivity index (χ4v) is 5.69. The Hall–Kier alpha value is 0.110. The molecule has 2 atom stereocenters. The molecule has 2 bridgehead atoms. The van der Waals surface area contributed by atoms with Gasteiger partial charge in [-0.1, -0.05) is 26.7 Å². The lowest BCUT2D eigenvalue weighted by Gasteiger charge is -2.41. The minimum absolute atomic E-state index is 0.286. The predicted octanol–water partition coefficient (Wildman–Crippen LogP) is 2.23. The third-order valence-electron chi connectivity index (χ3n) is 4.38. The summed E-state index contributed by atoms with van der Waals surface area (Å²) in [7, 11) is -0.646. The molecule has 0 spiro atoms. The Morgan fingerprint density at radius 2 is 1.73 bits per heavy atom. The zero-order valence-corrected chi connectivity index (χ0v) is 10.6. The Morgan fingerprint density at radius 1 is 1.27 bits per heavy atom. The van der Waals surface area contributed by atoms with Gasteiger partial charge in [-0.25, -0.2) is 0 Å². The molecular formula is C12H22O2S. The molecule has 2 aliphatic heterocycles. The van der Waals surface area contributed by atoms with Crippen LogP contribution in [0.1, 0.15) is 52.4 Å². The smallest absolute Gasteiger partial charge is 0.0698 e. The van der Waals surface area contributed by atoms with Crippen molar-refractivity contribution in [2.75, 3.05) is 0 Å². The average Bonchev–Trinajstić information content (AvgIpc) is 2.45. The SMILES string of the molecule is CCC(CC)C1(O)CC2CCC(C1)S2=O. The topological polar surface area (TPSA) is 37.3 Å². The van der Waals surface area contributed by atoms with Crippen molar-refractivity contribution in [3.63, 3.8) is 0 Å². The van der Waals surface area contributed by atoms with Crippen molar-refractivity contribution in [2.24, 2.45) is 5.92 Å². The number of aliphatic hydroxyl groups is 1. The Morgan fingerprint density at radius 3 is 2.13 bits per heavy atom. The lowest BCUT2D eigenvalue weighted by atomic mass is 9.78. The molecule has 2 fully saturated rings. The van der Waals surface area contributed by atoms with Crippen molar-refractivity contribution in [3.8, 4) is 0 Å². The molecule has 0 amide bonds. The van der Waals surface area contributed by atoms with Crippen LogP contribution in [0.2, 0.25) is 0 Å². The zero-order valence-electron chi connectivity index (χ0n) is 9.74. The molecular weight excluding hydrogens is 208 g/mol. The van der Waals surface area contributed by atoms with Gasteiger partial charge in [0.15, 0.2) is 0 Å². The number of hydrogen-bond acceptors (Lipinski definition) is 2. The van der Waals surface area contributed by atoms with E-state index < -0.39 is 16.4 Å². The maximum atomic E-state index is 11.9. The highest BCUT2D eigenvalue weighted by molar-refractivity contribution is 7.86. The normalized spacial score (nSPS) is 44.9. The summed E-state index contributed by atoms with van der Waals surface area (Å²) in [6, 6.07) is 0. The standard InChI is InChI=1S/C12H22O2S/c1-3-9(4-2)12(13)7-10-5-6-11(8-12)15(10)14/h9-11,13H,3-8H2,1-2H3. The summed E-state index contributed by atoms with van der Waals surface area (Å²) < 4.78 is 11.9. The first-order chi connectivity index (χ1) is 7.10. The van der Waals surface area contributed by atoms with Gasteiger partial charge in [-0.05, 0) is 31.6 Å². The quantitative estimate of drug-likeness (QED) is 0.807. The molecule has 0 aromatic rings. The summed E-state index contributed by atoms with van der Waals surface area (Å²) in [6.45, 7) is 4.30. The summed E-state index contributed by atoms with van der Waals surface area (Å²) >= 11 is 0. The maximum absolute atomic E-state index is 11.9. The molecule has 1 N–H and O–H groups in total. The van der Waals surface area contributed by atoms with Gasteiger partial charge in [-0.15, -0.1) is 0 Å². The number of fused-ring (bicyclic) bond motifs is 2. The highest BCUT2D eigenvalue weighted by atomic mass is 32.2. The van der Waals surface area contributed by atoms with Crippen molar-refractivity contribution in [1.29, 1.82) is 0 Å². The average molecular weight is 230 g/mol. The van der Waals surface area contributed by atoms with Gasteiger partial charge in [0.2, 0.25) is 0 Å². The number of hydrogen-bond donors (Lipinski definition) is 1. The number of rotatable bonds is 3. The summed E-state index contributed by atoms with van der Waals surface area (Å²) in [5.74, 6) is 0.401. The van der Waals surface area contributed by atoms with Gasteiger partial charge in [0.25, 0.3) is 0 Å². The fourth-order valence-electron chi connectivity index (χ4n) is 3.50. The van der Waals surface area contributed by atoms with E-state index in [2.05, 4.69) is 13.8 Å². The molecule has 2 heterocycles. The first-order valence-electron chi connectivity index (χ1n) is 6.22. The van der Waals surface area contributed by atoms with E-state index in [1.54, 1.807) is 0 Å². The fraction of sp³-hybridized carbons (Fsp3) is 1.00. The molecule has 3 heteroatoms. The van der Waals surface area contributed by atoms with Crippen molar-refractivity contribution in [1.82, 2.24) is 0 Å². The van der Waals surface area contributed by atoms with Crippen LogP contribution in [0.4, 0.5) is 0 Å². The van der Waals surface area contributed by atoms with E-state index in [0.29, 0.717) is 5.92 Å². The first kappa shape index (κ1) is 11.6. The summed E-state index contributed by atoms with van der Waals surface area (Å²) in [5.41, 5.74) is -0.511. The summed E-state index contributed by atoms with van der Waals surface area (Å²) in [4.78, 5) is 0. The van der Waals surface area contributed by atoms with E-state index in [4.69, 9.17) is 0 Å². The Bertz CT molecular complexity index is 244. The lowest BCUT2D eigenvalue weighted by Crippen LogP contribution is -2.47. The monoisotopic (exact) mass is 230 g/mol. The van der Waals surface area contributed by atoms with Crippen molar-refractivity contribution < 1.29 is 9.32 Å². The maximum Gasteiger partial charge on any atom is 0.0698 e. The molecule has 88 valence electrons. The van der Waals surface area contributed by atoms with Crippen LogP contribution in [0.5, 0.6) is 0 Å². The van der Waals surface area contributed by atoms with Gasteiger partial charge in [0.1, 0.15) is 0 Å². The summed E-state index contributed by atoms with van der Waals surface area (Å²) in [5, 5.41) is 11.3. The largest absolute Gasteiger partial charge is 0.390 e. The Labute approximate surface area is 94.9 Å². The molecule has 0 radical (unpaired) electrons. The van der Waals surface area contributed by atoms with Gasteiger partial charge in [0.05, 0.1) is 5.60 Å². The second-order valence-electron chi connectivity index (χ2n) is 5.18. The Balaban J connectivity index is 2.15. The molecule has 2 aliphatic rings. The van der Waals surface area contributed by atoms with Crippen LogP contribution in [0.3, 0.4) is 0 Å². The third-order valence-corrected chi connectivity index (χ3v) is 6.49. The molecule has 2 rings (SSSR count). The van der Waals surface area contributed by atoms with Crippen LogP contribution in [-0.2, 0) is 10.8 Å². The van der Waals surface area contributed by atoms with E-state index in [-0.39, 0.29) is 10.5 Å². The van der Waals surface area contributed by atoms with Crippen LogP contribution in [0, 0.1) is 5.92 Å². The first-order valence-corrected chi connectivity index (χ1v) is 7.50. The van der Waals surface area contributed by atoms with E-state index in [0.717, 1.165) is 38.5 Å². The van der Waals surface area contributed by atoms with Crippen molar-refractivity contribution >= 4 is 10.8 Å². The molecule has 0 saturated carbocycles. The Kier molecular flexibility index (Phi) is 3.22. The van der Waals surface area contributed by atoms with Crippen molar-refractivity contribution in [3.05, 3.63) is 0 Å². The molecule has 15 heavy (non-hydrogen) atoms. The van der Waals surface area contributed by atoms with Crippen LogP contribution < -0.4 is 0 Å². The molecule has 0 aromatic carbocycles. The van der Waals surface area contributed by atoms with E-state index in [9.17, 15) is 9.32 Å². The van der Waals surface area contributed by atoms with Gasteiger partial charge in [-0.3, -0.25) is 4.21 Å². The lowest BCUT2D eigenvalue weighted by molar-refractivity contribution is -0.0367. The van der Waals surface area contributed by atoms with Gasteiger partial charge >= 0.3 is 0 Å². The van der Waals surface area contributed by atoms with Crippen LogP contribution in [0.15, 0.2) is 0 Å². The minimum atomic E-state index is -0.646. The molecule has 2 saturated heterocycles. The molecule has 0 aliphatic carbocycles. The second-order valence-corrected chi connectivity index (χ2v) is 7.17. The highest BCUT2D eigenvalue weighted by Gasteiger charge is 2.49. The van der Waals surface area contributed by atoms with Crippen LogP contribution in [-0.4, -0.2) is 25.4 Å².